The second kappa shape index (κ2) is 5.14. The van der Waals surface area contributed by atoms with Crippen LogP contribution in [0.3, 0.4) is 0 Å². The molecular weight excluding hydrogens is 220 g/mol. The van der Waals surface area contributed by atoms with Crippen LogP contribution in [0.1, 0.15) is 23.3 Å². The maximum Gasteiger partial charge on any atom is 0.354 e. The number of carbonyl (C=O) groups is 1. The summed E-state index contributed by atoms with van der Waals surface area (Å²) in [6.07, 6.45) is 2.42. The number of hydrogen-bond acceptors (Lipinski definition) is 4. The molecule has 0 radical (unpaired) electrons. The quantitative estimate of drug-likeness (QED) is 0.770. The summed E-state index contributed by atoms with van der Waals surface area (Å²) in [6.45, 7) is 1.38. The van der Waals surface area contributed by atoms with Crippen molar-refractivity contribution in [2.45, 2.75) is 12.8 Å². The van der Waals surface area contributed by atoms with Crippen molar-refractivity contribution in [2.75, 3.05) is 24.6 Å². The average molecular weight is 236 g/mol. The molecule has 0 spiro atoms. The van der Waals surface area contributed by atoms with Gasteiger partial charge in [-0.15, -0.1) is 0 Å². The van der Waals surface area contributed by atoms with Crippen LogP contribution in [-0.2, 0) is 0 Å². The van der Waals surface area contributed by atoms with Crippen LogP contribution in [0.4, 0.5) is 5.82 Å². The molecule has 0 aliphatic heterocycles. The summed E-state index contributed by atoms with van der Waals surface area (Å²) in [4.78, 5) is 16.9. The van der Waals surface area contributed by atoms with Gasteiger partial charge in [-0.2, -0.15) is 0 Å². The molecule has 1 aliphatic carbocycles. The van der Waals surface area contributed by atoms with Gasteiger partial charge in [-0.3, -0.25) is 0 Å². The van der Waals surface area contributed by atoms with Gasteiger partial charge in [0.25, 0.3) is 0 Å². The maximum atomic E-state index is 10.8. The van der Waals surface area contributed by atoms with E-state index in [2.05, 4.69) is 4.98 Å². The lowest BCUT2D eigenvalue weighted by atomic mass is 10.3. The molecule has 1 aromatic rings. The summed E-state index contributed by atoms with van der Waals surface area (Å²) >= 11 is 0. The third kappa shape index (κ3) is 3.17. The molecule has 2 rings (SSSR count). The molecule has 1 aliphatic rings. The van der Waals surface area contributed by atoms with Gasteiger partial charge in [0, 0.05) is 13.1 Å². The molecule has 0 unspecified atom stereocenters. The Bertz CT molecular complexity index is 404. The molecule has 1 saturated carbocycles. The van der Waals surface area contributed by atoms with Crippen LogP contribution in [0, 0.1) is 5.92 Å². The predicted molar refractivity (Wildman–Crippen MR) is 63.2 cm³/mol. The summed E-state index contributed by atoms with van der Waals surface area (Å²) in [7, 11) is 0. The fourth-order valence-electron chi connectivity index (χ4n) is 1.75. The van der Waals surface area contributed by atoms with Crippen LogP contribution >= 0.6 is 0 Å². The fraction of sp³-hybridized carbons (Fsp3) is 0.500. The molecule has 0 saturated heterocycles. The minimum absolute atomic E-state index is 0.0428. The third-order valence-electron chi connectivity index (χ3n) is 2.82. The number of aromatic nitrogens is 1. The molecule has 1 aromatic heterocycles. The zero-order valence-corrected chi connectivity index (χ0v) is 9.54. The monoisotopic (exact) mass is 236 g/mol. The Morgan fingerprint density at radius 3 is 2.82 bits per heavy atom. The Morgan fingerprint density at radius 2 is 2.24 bits per heavy atom. The van der Waals surface area contributed by atoms with Crippen molar-refractivity contribution in [2.24, 2.45) is 5.92 Å². The Balaban J connectivity index is 2.15. The number of carboxylic acid groups (broad SMARTS) is 1. The summed E-state index contributed by atoms with van der Waals surface area (Å²) in [5.74, 6) is 0.268. The van der Waals surface area contributed by atoms with Gasteiger partial charge in [0.05, 0.1) is 6.61 Å². The number of nitrogens with zero attached hydrogens (tertiary/aromatic N) is 2. The first-order valence-electron chi connectivity index (χ1n) is 5.77. The van der Waals surface area contributed by atoms with Crippen LogP contribution in [0.25, 0.3) is 0 Å². The van der Waals surface area contributed by atoms with E-state index in [9.17, 15) is 4.79 Å². The minimum Gasteiger partial charge on any atom is -0.477 e. The highest BCUT2D eigenvalue weighted by Gasteiger charge is 2.25. The topological polar surface area (TPSA) is 73.7 Å². The van der Waals surface area contributed by atoms with E-state index in [0.29, 0.717) is 18.3 Å². The zero-order chi connectivity index (χ0) is 12.3. The number of aromatic carboxylic acids is 1. The molecule has 0 bridgehead atoms. The summed E-state index contributed by atoms with van der Waals surface area (Å²) < 4.78 is 0. The lowest BCUT2D eigenvalue weighted by molar-refractivity contribution is 0.0690. The second-order valence-corrected chi connectivity index (χ2v) is 4.30. The zero-order valence-electron chi connectivity index (χ0n) is 9.54. The van der Waals surface area contributed by atoms with E-state index in [-0.39, 0.29) is 12.3 Å². The van der Waals surface area contributed by atoms with Crippen LogP contribution in [-0.4, -0.2) is 40.9 Å². The van der Waals surface area contributed by atoms with Crippen molar-refractivity contribution < 1.29 is 15.0 Å². The van der Waals surface area contributed by atoms with Gasteiger partial charge in [-0.25, -0.2) is 9.78 Å². The van der Waals surface area contributed by atoms with Gasteiger partial charge in [0.2, 0.25) is 0 Å². The van der Waals surface area contributed by atoms with Gasteiger partial charge in [-0.1, -0.05) is 6.07 Å². The van der Waals surface area contributed by atoms with Gasteiger partial charge in [-0.05, 0) is 30.9 Å². The van der Waals surface area contributed by atoms with E-state index in [0.717, 1.165) is 6.54 Å². The molecular formula is C12H16N2O3. The standard InChI is InChI=1S/C12H16N2O3/c15-7-6-14(8-9-4-5-9)11-3-1-2-10(13-11)12(16)17/h1-3,9,15H,4-8H2,(H,16,17). The van der Waals surface area contributed by atoms with E-state index in [1.807, 2.05) is 4.90 Å². The van der Waals surface area contributed by atoms with E-state index in [1.165, 1.54) is 18.9 Å². The number of hydrogen-bond donors (Lipinski definition) is 2. The lowest BCUT2D eigenvalue weighted by Gasteiger charge is -2.22. The highest BCUT2D eigenvalue weighted by molar-refractivity contribution is 5.85. The van der Waals surface area contributed by atoms with Crippen LogP contribution in [0.2, 0.25) is 0 Å². The van der Waals surface area contributed by atoms with Crippen molar-refractivity contribution in [3.05, 3.63) is 23.9 Å². The van der Waals surface area contributed by atoms with E-state index >= 15 is 0 Å². The van der Waals surface area contributed by atoms with Crippen molar-refractivity contribution in [1.29, 1.82) is 0 Å². The van der Waals surface area contributed by atoms with Crippen LogP contribution < -0.4 is 4.90 Å². The molecule has 0 atom stereocenters. The van der Waals surface area contributed by atoms with E-state index in [4.69, 9.17) is 10.2 Å². The molecule has 1 heterocycles. The Hall–Kier alpha value is -1.62. The summed E-state index contributed by atoms with van der Waals surface area (Å²) in [5.41, 5.74) is 0.0428. The van der Waals surface area contributed by atoms with Crippen molar-refractivity contribution in [3.63, 3.8) is 0 Å². The molecule has 92 valence electrons. The van der Waals surface area contributed by atoms with E-state index < -0.39 is 5.97 Å². The predicted octanol–water partition coefficient (Wildman–Crippen LogP) is 0.988. The second-order valence-electron chi connectivity index (χ2n) is 4.30. The van der Waals surface area contributed by atoms with Gasteiger partial charge < -0.3 is 15.1 Å². The Morgan fingerprint density at radius 1 is 1.47 bits per heavy atom. The van der Waals surface area contributed by atoms with Gasteiger partial charge in [0.1, 0.15) is 5.82 Å². The van der Waals surface area contributed by atoms with E-state index in [1.54, 1.807) is 12.1 Å². The first-order chi connectivity index (χ1) is 8.20. The molecule has 17 heavy (non-hydrogen) atoms. The van der Waals surface area contributed by atoms with Crippen molar-refractivity contribution in [3.8, 4) is 0 Å². The largest absolute Gasteiger partial charge is 0.477 e. The normalized spacial score (nSPS) is 14.6. The highest BCUT2D eigenvalue weighted by atomic mass is 16.4. The molecule has 5 nitrogen and oxygen atoms in total. The molecule has 5 heteroatoms. The fourth-order valence-corrected chi connectivity index (χ4v) is 1.75. The molecule has 1 fully saturated rings. The number of aliphatic hydroxyl groups is 1. The Kier molecular flexibility index (Phi) is 3.58. The lowest BCUT2D eigenvalue weighted by Crippen LogP contribution is -2.30. The SMILES string of the molecule is O=C(O)c1cccc(N(CCO)CC2CC2)n1. The Labute approximate surface area is 99.7 Å². The highest BCUT2D eigenvalue weighted by Crippen LogP contribution is 2.30. The summed E-state index contributed by atoms with van der Waals surface area (Å²) in [5, 5.41) is 17.9. The summed E-state index contributed by atoms with van der Waals surface area (Å²) in [6, 6.07) is 4.94. The first kappa shape index (κ1) is 11.9. The third-order valence-corrected chi connectivity index (χ3v) is 2.82. The van der Waals surface area contributed by atoms with Crippen molar-refractivity contribution in [1.82, 2.24) is 4.98 Å². The van der Waals surface area contributed by atoms with Gasteiger partial charge in [0.15, 0.2) is 5.69 Å². The molecule has 2 N–H and O–H groups in total. The molecule has 0 amide bonds. The molecule has 0 aromatic carbocycles. The van der Waals surface area contributed by atoms with Crippen LogP contribution in [0.5, 0.6) is 0 Å². The number of carboxylic acids is 1. The number of aliphatic hydroxyl groups excluding tert-OH is 1. The smallest absolute Gasteiger partial charge is 0.354 e. The first-order valence-corrected chi connectivity index (χ1v) is 5.77. The minimum atomic E-state index is -1.03. The maximum absolute atomic E-state index is 10.8. The van der Waals surface area contributed by atoms with Crippen molar-refractivity contribution >= 4 is 11.8 Å². The number of pyridine rings is 1. The van der Waals surface area contributed by atoms with Gasteiger partial charge >= 0.3 is 5.97 Å². The number of rotatable bonds is 6. The average Bonchev–Trinajstić information content (AvgIpc) is 3.12. The van der Waals surface area contributed by atoms with Crippen LogP contribution in [0.15, 0.2) is 18.2 Å². The number of anilines is 1.